The van der Waals surface area contributed by atoms with Crippen molar-refractivity contribution in [2.45, 2.75) is 51.2 Å². The molecule has 4 nitrogen and oxygen atoms in total. The van der Waals surface area contributed by atoms with Crippen molar-refractivity contribution >= 4 is 6.03 Å². The SMILES string of the molecule is CC(C)(O)[C@@H]1CCCN1C(=O)NCCCc1cccc(F)c1. The average Bonchev–Trinajstić information content (AvgIpc) is 2.93. The van der Waals surface area contributed by atoms with Crippen LogP contribution in [0.3, 0.4) is 0 Å². The third-order valence-corrected chi connectivity index (χ3v) is 4.14. The number of amides is 2. The molecule has 0 aliphatic carbocycles. The lowest BCUT2D eigenvalue weighted by Crippen LogP contribution is -2.51. The Balaban J connectivity index is 1.76. The molecule has 0 spiro atoms. The highest BCUT2D eigenvalue weighted by molar-refractivity contribution is 5.75. The number of halogens is 1. The fraction of sp³-hybridized carbons (Fsp3) is 0.588. The molecule has 0 aromatic heterocycles. The maximum Gasteiger partial charge on any atom is 0.317 e. The minimum atomic E-state index is -0.880. The number of carbonyl (C=O) groups is 1. The lowest BCUT2D eigenvalue weighted by molar-refractivity contribution is 0.00985. The Hall–Kier alpha value is -1.62. The summed E-state index contributed by atoms with van der Waals surface area (Å²) in [6, 6.07) is 6.28. The van der Waals surface area contributed by atoms with Gasteiger partial charge in [-0.1, -0.05) is 12.1 Å². The van der Waals surface area contributed by atoms with Crippen molar-refractivity contribution in [3.63, 3.8) is 0 Å². The molecule has 1 aliphatic rings. The van der Waals surface area contributed by atoms with Crippen LogP contribution in [0.15, 0.2) is 24.3 Å². The van der Waals surface area contributed by atoms with E-state index in [9.17, 15) is 14.3 Å². The van der Waals surface area contributed by atoms with Gasteiger partial charge in [0.1, 0.15) is 5.82 Å². The molecule has 1 aromatic carbocycles. The molecule has 0 saturated carbocycles. The number of hydrogen-bond donors (Lipinski definition) is 2. The predicted octanol–water partition coefficient (Wildman–Crippen LogP) is 2.70. The smallest absolute Gasteiger partial charge is 0.317 e. The van der Waals surface area contributed by atoms with Gasteiger partial charge in [0.05, 0.1) is 11.6 Å². The summed E-state index contributed by atoms with van der Waals surface area (Å²) >= 11 is 0. The molecular formula is C17H25FN2O2. The Morgan fingerprint density at radius 1 is 1.50 bits per heavy atom. The molecule has 1 atom stereocenters. The van der Waals surface area contributed by atoms with Crippen molar-refractivity contribution < 1.29 is 14.3 Å². The van der Waals surface area contributed by atoms with E-state index in [2.05, 4.69) is 5.32 Å². The molecule has 2 N–H and O–H groups in total. The lowest BCUT2D eigenvalue weighted by Gasteiger charge is -2.33. The van der Waals surface area contributed by atoms with Crippen LogP contribution < -0.4 is 5.32 Å². The Bertz CT molecular complexity index is 514. The van der Waals surface area contributed by atoms with Gasteiger partial charge in [-0.3, -0.25) is 0 Å². The van der Waals surface area contributed by atoms with E-state index in [0.717, 1.165) is 31.2 Å². The van der Waals surface area contributed by atoms with Crippen molar-refractivity contribution in [2.24, 2.45) is 0 Å². The number of carbonyl (C=O) groups excluding carboxylic acids is 1. The normalized spacial score (nSPS) is 18.5. The van der Waals surface area contributed by atoms with Crippen LogP contribution in [0.25, 0.3) is 0 Å². The number of likely N-dealkylation sites (tertiary alicyclic amines) is 1. The summed E-state index contributed by atoms with van der Waals surface area (Å²) in [5.74, 6) is -0.230. The van der Waals surface area contributed by atoms with Crippen molar-refractivity contribution in [1.29, 1.82) is 0 Å². The van der Waals surface area contributed by atoms with E-state index in [0.29, 0.717) is 13.1 Å². The van der Waals surface area contributed by atoms with E-state index in [4.69, 9.17) is 0 Å². The quantitative estimate of drug-likeness (QED) is 0.822. The number of urea groups is 1. The van der Waals surface area contributed by atoms with Crippen LogP contribution >= 0.6 is 0 Å². The summed E-state index contributed by atoms with van der Waals surface area (Å²) in [6.07, 6.45) is 3.24. The molecule has 0 unspecified atom stereocenters. The van der Waals surface area contributed by atoms with Crippen LogP contribution in [0, 0.1) is 5.82 Å². The van der Waals surface area contributed by atoms with Gasteiger partial charge in [0.2, 0.25) is 0 Å². The van der Waals surface area contributed by atoms with Crippen LogP contribution in [0.5, 0.6) is 0 Å². The summed E-state index contributed by atoms with van der Waals surface area (Å²) in [5.41, 5.74) is 0.0554. The molecule has 0 radical (unpaired) electrons. The van der Waals surface area contributed by atoms with Crippen LogP contribution in [-0.2, 0) is 6.42 Å². The molecule has 22 heavy (non-hydrogen) atoms. The molecule has 5 heteroatoms. The zero-order valence-corrected chi connectivity index (χ0v) is 13.3. The third kappa shape index (κ3) is 4.44. The second-order valence-corrected chi connectivity index (χ2v) is 6.47. The van der Waals surface area contributed by atoms with E-state index in [1.165, 1.54) is 12.1 Å². The lowest BCUT2D eigenvalue weighted by atomic mass is 9.97. The third-order valence-electron chi connectivity index (χ3n) is 4.14. The van der Waals surface area contributed by atoms with Gasteiger partial charge >= 0.3 is 6.03 Å². The van der Waals surface area contributed by atoms with Crippen molar-refractivity contribution in [2.75, 3.05) is 13.1 Å². The molecule has 122 valence electrons. The fourth-order valence-corrected chi connectivity index (χ4v) is 3.03. The van der Waals surface area contributed by atoms with Gasteiger partial charge in [-0.15, -0.1) is 0 Å². The van der Waals surface area contributed by atoms with E-state index in [1.807, 2.05) is 6.07 Å². The van der Waals surface area contributed by atoms with Gasteiger partial charge in [-0.2, -0.15) is 0 Å². The number of rotatable bonds is 5. The Labute approximate surface area is 131 Å². The van der Waals surface area contributed by atoms with Gasteiger partial charge in [0.25, 0.3) is 0 Å². The van der Waals surface area contributed by atoms with E-state index < -0.39 is 5.60 Å². The van der Waals surface area contributed by atoms with Gasteiger partial charge in [-0.05, 0) is 57.2 Å². The molecule has 1 fully saturated rings. The maximum absolute atomic E-state index is 13.1. The van der Waals surface area contributed by atoms with Crippen molar-refractivity contribution in [3.05, 3.63) is 35.6 Å². The molecule has 2 amide bonds. The van der Waals surface area contributed by atoms with Crippen LogP contribution in [-0.4, -0.2) is 40.8 Å². The number of benzene rings is 1. The number of aryl methyl sites for hydroxylation is 1. The zero-order chi connectivity index (χ0) is 16.2. The average molecular weight is 308 g/mol. The molecule has 1 aromatic rings. The summed E-state index contributed by atoms with van der Waals surface area (Å²) in [7, 11) is 0. The minimum absolute atomic E-state index is 0.121. The van der Waals surface area contributed by atoms with E-state index >= 15 is 0 Å². The summed E-state index contributed by atoms with van der Waals surface area (Å²) in [6.45, 7) is 4.72. The van der Waals surface area contributed by atoms with E-state index in [-0.39, 0.29) is 17.9 Å². The molecule has 2 rings (SSSR count). The topological polar surface area (TPSA) is 52.6 Å². The first kappa shape index (κ1) is 16.7. The monoisotopic (exact) mass is 308 g/mol. The number of hydrogen-bond acceptors (Lipinski definition) is 2. The number of nitrogens with one attached hydrogen (secondary N) is 1. The maximum atomic E-state index is 13.1. The summed E-state index contributed by atoms with van der Waals surface area (Å²) in [4.78, 5) is 13.9. The molecule has 1 heterocycles. The zero-order valence-electron chi connectivity index (χ0n) is 13.3. The predicted molar refractivity (Wildman–Crippen MR) is 84.1 cm³/mol. The van der Waals surface area contributed by atoms with Crippen LogP contribution in [0.4, 0.5) is 9.18 Å². The first-order valence-electron chi connectivity index (χ1n) is 7.89. The van der Waals surface area contributed by atoms with Crippen molar-refractivity contribution in [3.8, 4) is 0 Å². The second kappa shape index (κ2) is 7.09. The van der Waals surface area contributed by atoms with Gasteiger partial charge in [0.15, 0.2) is 0 Å². The first-order chi connectivity index (χ1) is 10.4. The summed E-state index contributed by atoms with van der Waals surface area (Å²) < 4.78 is 13.1. The standard InChI is InChI=1S/C17H25FN2O2/c1-17(2,22)15-9-5-11-20(15)16(21)19-10-4-7-13-6-3-8-14(18)12-13/h3,6,8,12,15,22H,4-5,7,9-11H2,1-2H3,(H,19,21)/t15-/m0/s1. The Morgan fingerprint density at radius 2 is 2.27 bits per heavy atom. The number of nitrogens with zero attached hydrogens (tertiary/aromatic N) is 1. The molecule has 1 saturated heterocycles. The minimum Gasteiger partial charge on any atom is -0.388 e. The fourth-order valence-electron chi connectivity index (χ4n) is 3.03. The van der Waals surface area contributed by atoms with Gasteiger partial charge in [0, 0.05) is 13.1 Å². The Kier molecular flexibility index (Phi) is 5.40. The summed E-state index contributed by atoms with van der Waals surface area (Å²) in [5, 5.41) is 13.0. The highest BCUT2D eigenvalue weighted by Gasteiger charge is 2.38. The van der Waals surface area contributed by atoms with Crippen molar-refractivity contribution in [1.82, 2.24) is 10.2 Å². The molecular weight excluding hydrogens is 283 g/mol. The van der Waals surface area contributed by atoms with E-state index in [1.54, 1.807) is 24.8 Å². The van der Waals surface area contributed by atoms with Crippen LogP contribution in [0.1, 0.15) is 38.7 Å². The number of aliphatic hydroxyl groups is 1. The van der Waals surface area contributed by atoms with Gasteiger partial charge < -0.3 is 15.3 Å². The highest BCUT2D eigenvalue weighted by atomic mass is 19.1. The first-order valence-corrected chi connectivity index (χ1v) is 7.89. The van der Waals surface area contributed by atoms with Gasteiger partial charge in [-0.25, -0.2) is 9.18 Å². The molecule has 1 aliphatic heterocycles. The highest BCUT2D eigenvalue weighted by Crippen LogP contribution is 2.26. The second-order valence-electron chi connectivity index (χ2n) is 6.47. The Morgan fingerprint density at radius 3 is 2.95 bits per heavy atom. The molecule has 0 bridgehead atoms. The largest absolute Gasteiger partial charge is 0.388 e. The van der Waals surface area contributed by atoms with Crippen LogP contribution in [0.2, 0.25) is 0 Å².